The van der Waals surface area contributed by atoms with Crippen LogP contribution in [0.2, 0.25) is 0 Å². The van der Waals surface area contributed by atoms with Gasteiger partial charge in [-0.05, 0) is 25.8 Å². The van der Waals surface area contributed by atoms with Crippen molar-refractivity contribution in [2.24, 2.45) is 0 Å². The summed E-state index contributed by atoms with van der Waals surface area (Å²) in [6.07, 6.45) is 0.323. The van der Waals surface area contributed by atoms with Crippen molar-refractivity contribution >= 4 is 21.4 Å². The maximum absolute atomic E-state index is 11.9. The van der Waals surface area contributed by atoms with Crippen molar-refractivity contribution in [2.75, 3.05) is 11.6 Å². The minimum absolute atomic E-state index is 0.0760. The lowest BCUT2D eigenvalue weighted by molar-refractivity contribution is 0.587. The lowest BCUT2D eigenvalue weighted by Crippen LogP contribution is -2.14. The van der Waals surface area contributed by atoms with Crippen LogP contribution in [0.4, 0.5) is 0 Å². The van der Waals surface area contributed by atoms with E-state index in [4.69, 9.17) is 16.9 Å². The van der Waals surface area contributed by atoms with Crippen LogP contribution in [-0.4, -0.2) is 30.2 Å². The van der Waals surface area contributed by atoms with Gasteiger partial charge < -0.3 is 0 Å². The molecule has 0 atom stereocenters. The molecule has 17 heavy (non-hydrogen) atoms. The van der Waals surface area contributed by atoms with Crippen LogP contribution in [0.3, 0.4) is 0 Å². The van der Waals surface area contributed by atoms with E-state index in [1.54, 1.807) is 13.8 Å². The predicted molar refractivity (Wildman–Crippen MR) is 63.6 cm³/mol. The molecule has 0 radical (unpaired) electrons. The first-order valence-corrected chi connectivity index (χ1v) is 7.15. The average molecular weight is 274 g/mol. The van der Waals surface area contributed by atoms with Crippen molar-refractivity contribution in [3.63, 3.8) is 0 Å². The molecule has 0 aliphatic rings. The second kappa shape index (κ2) is 5.43. The Kier molecular flexibility index (Phi) is 4.43. The highest BCUT2D eigenvalue weighted by atomic mass is 35.5. The monoisotopic (exact) mass is 273 g/mol. The Morgan fingerprint density at radius 1 is 1.35 bits per heavy atom. The Balaban J connectivity index is 3.34. The molecule has 0 aromatic carbocycles. The average Bonchev–Trinajstić information content (AvgIpc) is 2.29. The van der Waals surface area contributed by atoms with Gasteiger partial charge in [0.05, 0.1) is 17.0 Å². The minimum atomic E-state index is -3.58. The van der Waals surface area contributed by atoms with Gasteiger partial charge in [0.2, 0.25) is 0 Å². The number of halogens is 1. The zero-order chi connectivity index (χ0) is 13.1. The maximum atomic E-state index is 11.9. The van der Waals surface area contributed by atoms with Crippen LogP contribution < -0.4 is 0 Å². The molecule has 1 aromatic heterocycles. The third-order valence-corrected chi connectivity index (χ3v) is 4.34. The minimum Gasteiger partial charge on any atom is -0.222 e. The van der Waals surface area contributed by atoms with E-state index in [2.05, 4.69) is 10.2 Å². The van der Waals surface area contributed by atoms with Gasteiger partial charge in [-0.2, -0.15) is 10.4 Å². The molecule has 1 heterocycles. The van der Waals surface area contributed by atoms with E-state index in [1.165, 1.54) is 0 Å². The van der Waals surface area contributed by atoms with Crippen LogP contribution >= 0.6 is 11.6 Å². The largest absolute Gasteiger partial charge is 0.222 e. The molecular formula is C10H12ClN3O2S. The fourth-order valence-electron chi connectivity index (χ4n) is 1.28. The van der Waals surface area contributed by atoms with E-state index in [1.807, 2.05) is 6.07 Å². The van der Waals surface area contributed by atoms with Gasteiger partial charge in [0, 0.05) is 5.88 Å². The third kappa shape index (κ3) is 2.93. The standard InChI is InChI=1S/C10H12ClN3O2S/c1-7-8(2)13-14-10(9(7)6-12)17(15,16)5-3-4-11/h3-5H2,1-2H3. The van der Waals surface area contributed by atoms with Crippen LogP contribution in [-0.2, 0) is 9.84 Å². The number of aryl methyl sites for hydroxylation is 1. The summed E-state index contributed by atoms with van der Waals surface area (Å²) in [4.78, 5) is 0. The molecule has 1 aromatic rings. The van der Waals surface area contributed by atoms with Gasteiger partial charge in [-0.1, -0.05) is 0 Å². The normalized spacial score (nSPS) is 11.2. The predicted octanol–water partition coefficient (Wildman–Crippen LogP) is 1.37. The number of nitriles is 1. The zero-order valence-corrected chi connectivity index (χ0v) is 11.1. The molecule has 7 heteroatoms. The molecular weight excluding hydrogens is 262 g/mol. The summed E-state index contributed by atoms with van der Waals surface area (Å²) in [5.41, 5.74) is 1.18. The Labute approximate surface area is 105 Å². The lowest BCUT2D eigenvalue weighted by Gasteiger charge is -2.07. The molecule has 0 saturated carbocycles. The highest BCUT2D eigenvalue weighted by molar-refractivity contribution is 7.91. The van der Waals surface area contributed by atoms with Gasteiger partial charge in [0.25, 0.3) is 0 Å². The van der Waals surface area contributed by atoms with Gasteiger partial charge in [-0.3, -0.25) is 0 Å². The molecule has 0 N–H and O–H groups in total. The second-order valence-corrected chi connectivity index (χ2v) is 5.97. The number of hydrogen-bond acceptors (Lipinski definition) is 5. The van der Waals surface area contributed by atoms with Gasteiger partial charge in [-0.25, -0.2) is 8.42 Å². The fourth-order valence-corrected chi connectivity index (χ4v) is 2.96. The Hall–Kier alpha value is -1.19. The topological polar surface area (TPSA) is 83.7 Å². The fraction of sp³-hybridized carbons (Fsp3) is 0.500. The van der Waals surface area contributed by atoms with E-state index < -0.39 is 9.84 Å². The van der Waals surface area contributed by atoms with E-state index in [0.29, 0.717) is 17.7 Å². The van der Waals surface area contributed by atoms with Crippen LogP contribution in [0.15, 0.2) is 5.03 Å². The van der Waals surface area contributed by atoms with E-state index >= 15 is 0 Å². The summed E-state index contributed by atoms with van der Waals surface area (Å²) in [7, 11) is -3.58. The van der Waals surface area contributed by atoms with Crippen LogP contribution in [0.1, 0.15) is 23.2 Å². The molecule has 0 amide bonds. The van der Waals surface area contributed by atoms with Crippen molar-refractivity contribution in [1.29, 1.82) is 5.26 Å². The number of aromatic nitrogens is 2. The van der Waals surface area contributed by atoms with E-state index in [-0.39, 0.29) is 22.2 Å². The summed E-state index contributed by atoms with van der Waals surface area (Å²) < 4.78 is 23.8. The number of alkyl halides is 1. The molecule has 92 valence electrons. The number of rotatable bonds is 4. The maximum Gasteiger partial charge on any atom is 0.198 e. The first kappa shape index (κ1) is 13.9. The van der Waals surface area contributed by atoms with Gasteiger partial charge in [0.15, 0.2) is 14.9 Å². The number of nitrogens with zero attached hydrogens (tertiary/aromatic N) is 3. The van der Waals surface area contributed by atoms with Crippen LogP contribution in [0, 0.1) is 25.2 Å². The molecule has 0 aliphatic heterocycles. The Morgan fingerprint density at radius 2 is 2.00 bits per heavy atom. The highest BCUT2D eigenvalue weighted by Gasteiger charge is 2.23. The first-order chi connectivity index (χ1) is 7.94. The van der Waals surface area contributed by atoms with E-state index in [9.17, 15) is 8.42 Å². The van der Waals surface area contributed by atoms with Crippen molar-refractivity contribution in [3.05, 3.63) is 16.8 Å². The Bertz CT molecular complexity index is 564. The second-order valence-electron chi connectivity index (χ2n) is 3.56. The SMILES string of the molecule is Cc1nnc(S(=O)(=O)CCCCl)c(C#N)c1C. The van der Waals surface area contributed by atoms with Crippen LogP contribution in [0.25, 0.3) is 0 Å². The van der Waals surface area contributed by atoms with Crippen LogP contribution in [0.5, 0.6) is 0 Å². The molecule has 0 unspecified atom stereocenters. The summed E-state index contributed by atoms with van der Waals surface area (Å²) in [5.74, 6) is 0.127. The van der Waals surface area contributed by atoms with Crippen molar-refractivity contribution in [3.8, 4) is 6.07 Å². The third-order valence-electron chi connectivity index (χ3n) is 2.38. The van der Waals surface area contributed by atoms with Crippen molar-refractivity contribution in [1.82, 2.24) is 10.2 Å². The molecule has 0 fully saturated rings. The molecule has 0 aliphatic carbocycles. The molecule has 1 rings (SSSR count). The molecule has 0 saturated heterocycles. The molecule has 5 nitrogen and oxygen atoms in total. The van der Waals surface area contributed by atoms with Crippen molar-refractivity contribution < 1.29 is 8.42 Å². The van der Waals surface area contributed by atoms with Gasteiger partial charge >= 0.3 is 0 Å². The number of sulfone groups is 1. The first-order valence-electron chi connectivity index (χ1n) is 4.96. The summed E-state index contributed by atoms with van der Waals surface area (Å²) in [6, 6.07) is 1.87. The summed E-state index contributed by atoms with van der Waals surface area (Å²) in [6.45, 7) is 3.33. The van der Waals surface area contributed by atoms with E-state index in [0.717, 1.165) is 0 Å². The number of hydrogen-bond donors (Lipinski definition) is 0. The lowest BCUT2D eigenvalue weighted by atomic mass is 10.1. The van der Waals surface area contributed by atoms with Crippen molar-refractivity contribution in [2.45, 2.75) is 25.3 Å². The summed E-state index contributed by atoms with van der Waals surface area (Å²) >= 11 is 5.46. The molecule has 0 bridgehead atoms. The van der Waals surface area contributed by atoms with Gasteiger partial charge in [0.1, 0.15) is 6.07 Å². The zero-order valence-electron chi connectivity index (χ0n) is 9.57. The molecule has 0 spiro atoms. The summed E-state index contributed by atoms with van der Waals surface area (Å²) in [5, 5.41) is 16.1. The quantitative estimate of drug-likeness (QED) is 0.774. The highest BCUT2D eigenvalue weighted by Crippen LogP contribution is 2.19. The smallest absolute Gasteiger partial charge is 0.198 e. The van der Waals surface area contributed by atoms with Gasteiger partial charge in [-0.15, -0.1) is 16.7 Å². The Morgan fingerprint density at radius 3 is 2.53 bits per heavy atom.